The van der Waals surface area contributed by atoms with Gasteiger partial charge in [0.1, 0.15) is 5.82 Å². The van der Waals surface area contributed by atoms with E-state index >= 15 is 0 Å². The number of benzene rings is 1. The Balaban J connectivity index is 2.11. The predicted octanol–water partition coefficient (Wildman–Crippen LogP) is 4.13. The molecule has 0 radical (unpaired) electrons. The summed E-state index contributed by atoms with van der Waals surface area (Å²) in [5.74, 6) is 1.41. The third-order valence-electron chi connectivity index (χ3n) is 2.80. The van der Waals surface area contributed by atoms with Crippen molar-refractivity contribution in [2.24, 2.45) is 10.9 Å². The Morgan fingerprint density at radius 3 is 2.88 bits per heavy atom. The van der Waals surface area contributed by atoms with Crippen LogP contribution in [0.25, 0.3) is 0 Å². The molecule has 2 rings (SSSR count). The fourth-order valence-corrected chi connectivity index (χ4v) is 2.97. The van der Waals surface area contributed by atoms with E-state index in [4.69, 9.17) is 0 Å². The van der Waals surface area contributed by atoms with Crippen LogP contribution in [0.5, 0.6) is 0 Å². The van der Waals surface area contributed by atoms with Crippen molar-refractivity contribution in [1.29, 1.82) is 0 Å². The fourth-order valence-electron chi connectivity index (χ4n) is 1.46. The standard InChI is InChI=1S/C12H14BrFN2S/c1-7-6-17-12(15-8(7)2)16-9-3-4-11(14)10(13)5-9/h3-5,7-8H,6H2,1-2H3,(H,15,16). The zero-order chi connectivity index (χ0) is 12.4. The van der Waals surface area contributed by atoms with E-state index in [0.717, 1.165) is 16.6 Å². The van der Waals surface area contributed by atoms with Crippen LogP contribution in [-0.2, 0) is 0 Å². The lowest BCUT2D eigenvalue weighted by Gasteiger charge is -2.23. The lowest BCUT2D eigenvalue weighted by atomic mass is 10.1. The highest BCUT2D eigenvalue weighted by Crippen LogP contribution is 2.25. The molecule has 2 unspecified atom stereocenters. The molecule has 17 heavy (non-hydrogen) atoms. The quantitative estimate of drug-likeness (QED) is 0.842. The molecule has 0 bridgehead atoms. The minimum absolute atomic E-state index is 0.254. The van der Waals surface area contributed by atoms with E-state index in [1.165, 1.54) is 6.07 Å². The van der Waals surface area contributed by atoms with E-state index in [1.54, 1.807) is 23.9 Å². The minimum atomic E-state index is -0.254. The minimum Gasteiger partial charge on any atom is -0.335 e. The summed E-state index contributed by atoms with van der Waals surface area (Å²) in [4.78, 5) is 4.57. The Kier molecular flexibility index (Phi) is 4.09. The summed E-state index contributed by atoms with van der Waals surface area (Å²) in [5.41, 5.74) is 0.853. The highest BCUT2D eigenvalue weighted by atomic mass is 79.9. The second-order valence-electron chi connectivity index (χ2n) is 4.22. The molecule has 1 aliphatic rings. The molecule has 92 valence electrons. The SMILES string of the molecule is CC1CSC(Nc2ccc(F)c(Br)c2)=NC1C. The summed E-state index contributed by atoms with van der Waals surface area (Å²) >= 11 is 4.88. The number of hydrogen-bond donors (Lipinski definition) is 1. The number of nitrogens with zero attached hydrogens (tertiary/aromatic N) is 1. The summed E-state index contributed by atoms with van der Waals surface area (Å²) in [6.45, 7) is 4.32. The molecule has 2 nitrogen and oxygen atoms in total. The van der Waals surface area contributed by atoms with Gasteiger partial charge >= 0.3 is 0 Å². The summed E-state index contributed by atoms with van der Waals surface area (Å²) in [5, 5.41) is 4.13. The monoisotopic (exact) mass is 316 g/mol. The maximum atomic E-state index is 13.1. The number of nitrogens with one attached hydrogen (secondary N) is 1. The first-order valence-corrected chi connectivity index (χ1v) is 7.27. The van der Waals surface area contributed by atoms with Gasteiger partial charge in [0.15, 0.2) is 5.17 Å². The van der Waals surface area contributed by atoms with Gasteiger partial charge < -0.3 is 5.32 Å². The first-order valence-electron chi connectivity index (χ1n) is 5.49. The Bertz CT molecular complexity index is 450. The van der Waals surface area contributed by atoms with E-state index in [2.05, 4.69) is 40.1 Å². The van der Waals surface area contributed by atoms with Crippen molar-refractivity contribution >= 4 is 38.5 Å². The first kappa shape index (κ1) is 12.9. The van der Waals surface area contributed by atoms with Crippen LogP contribution >= 0.6 is 27.7 Å². The third-order valence-corrected chi connectivity index (χ3v) is 4.58. The summed E-state index contributed by atoms with van der Waals surface area (Å²) in [6.07, 6.45) is 0. The molecule has 1 aromatic carbocycles. The molecular weight excluding hydrogens is 303 g/mol. The normalized spacial score (nSPS) is 24.4. The molecule has 1 N–H and O–H groups in total. The van der Waals surface area contributed by atoms with Crippen LogP contribution in [0.3, 0.4) is 0 Å². The molecule has 2 atom stereocenters. The molecule has 5 heteroatoms. The number of anilines is 1. The van der Waals surface area contributed by atoms with Crippen molar-refractivity contribution in [3.63, 3.8) is 0 Å². The van der Waals surface area contributed by atoms with Gasteiger partial charge in [-0.15, -0.1) is 0 Å². The molecule has 0 spiro atoms. The second kappa shape index (κ2) is 5.40. The van der Waals surface area contributed by atoms with Crippen LogP contribution in [0.15, 0.2) is 27.7 Å². The largest absolute Gasteiger partial charge is 0.335 e. The van der Waals surface area contributed by atoms with Crippen molar-refractivity contribution in [2.45, 2.75) is 19.9 Å². The van der Waals surface area contributed by atoms with Crippen LogP contribution in [0.4, 0.5) is 10.1 Å². The van der Waals surface area contributed by atoms with E-state index in [-0.39, 0.29) is 5.82 Å². The lowest BCUT2D eigenvalue weighted by Crippen LogP contribution is -2.25. The van der Waals surface area contributed by atoms with Crippen molar-refractivity contribution in [1.82, 2.24) is 0 Å². The number of rotatable bonds is 1. The van der Waals surface area contributed by atoms with Crippen LogP contribution < -0.4 is 5.32 Å². The van der Waals surface area contributed by atoms with Crippen molar-refractivity contribution < 1.29 is 4.39 Å². The third kappa shape index (κ3) is 3.22. The highest BCUT2D eigenvalue weighted by Gasteiger charge is 2.19. The van der Waals surface area contributed by atoms with Crippen LogP contribution in [-0.4, -0.2) is 17.0 Å². The number of amidine groups is 1. The Labute approximate surface area is 113 Å². The molecule has 0 saturated carbocycles. The number of halogens is 2. The number of thioether (sulfide) groups is 1. The van der Waals surface area contributed by atoms with E-state index in [9.17, 15) is 4.39 Å². The van der Waals surface area contributed by atoms with Gasteiger partial charge in [0.25, 0.3) is 0 Å². The summed E-state index contributed by atoms with van der Waals surface area (Å²) in [7, 11) is 0. The molecule has 1 heterocycles. The van der Waals surface area contributed by atoms with E-state index < -0.39 is 0 Å². The fraction of sp³-hybridized carbons (Fsp3) is 0.417. The van der Waals surface area contributed by atoms with Crippen LogP contribution in [0.1, 0.15) is 13.8 Å². The van der Waals surface area contributed by atoms with Gasteiger partial charge in [-0.05, 0) is 47.0 Å². The summed E-state index contributed by atoms with van der Waals surface area (Å²) in [6, 6.07) is 5.21. The van der Waals surface area contributed by atoms with Crippen LogP contribution in [0, 0.1) is 11.7 Å². The maximum absolute atomic E-state index is 13.1. The lowest BCUT2D eigenvalue weighted by molar-refractivity contribution is 0.537. The van der Waals surface area contributed by atoms with Gasteiger partial charge in [0.05, 0.1) is 10.5 Å². The topological polar surface area (TPSA) is 24.4 Å². The van der Waals surface area contributed by atoms with Gasteiger partial charge in [0, 0.05) is 11.4 Å². The predicted molar refractivity (Wildman–Crippen MR) is 76.2 cm³/mol. The zero-order valence-electron chi connectivity index (χ0n) is 9.71. The summed E-state index contributed by atoms with van der Waals surface area (Å²) < 4.78 is 13.5. The molecule has 0 fully saturated rings. The van der Waals surface area contributed by atoms with Crippen molar-refractivity contribution in [3.05, 3.63) is 28.5 Å². The van der Waals surface area contributed by atoms with Gasteiger partial charge in [0.2, 0.25) is 0 Å². The molecule has 0 aromatic heterocycles. The number of aliphatic imine (C=N–C) groups is 1. The molecule has 0 saturated heterocycles. The highest BCUT2D eigenvalue weighted by molar-refractivity contribution is 9.10. The van der Waals surface area contributed by atoms with E-state index in [1.807, 2.05) is 0 Å². The van der Waals surface area contributed by atoms with Crippen LogP contribution in [0.2, 0.25) is 0 Å². The molecule has 1 aromatic rings. The van der Waals surface area contributed by atoms with Gasteiger partial charge in [-0.3, -0.25) is 4.99 Å². The Morgan fingerprint density at radius 2 is 2.24 bits per heavy atom. The molecule has 0 aliphatic carbocycles. The maximum Gasteiger partial charge on any atom is 0.161 e. The zero-order valence-corrected chi connectivity index (χ0v) is 12.1. The first-order chi connectivity index (χ1) is 8.06. The van der Waals surface area contributed by atoms with Crippen molar-refractivity contribution in [2.75, 3.05) is 11.1 Å². The number of hydrogen-bond acceptors (Lipinski definition) is 3. The average Bonchev–Trinajstić information content (AvgIpc) is 2.29. The van der Waals surface area contributed by atoms with Gasteiger partial charge in [-0.2, -0.15) is 0 Å². The van der Waals surface area contributed by atoms with E-state index in [0.29, 0.717) is 16.4 Å². The second-order valence-corrected chi connectivity index (χ2v) is 6.08. The van der Waals surface area contributed by atoms with Gasteiger partial charge in [-0.25, -0.2) is 4.39 Å². The molecule has 1 aliphatic heterocycles. The molecule has 0 amide bonds. The van der Waals surface area contributed by atoms with Crippen molar-refractivity contribution in [3.8, 4) is 0 Å². The Morgan fingerprint density at radius 1 is 1.47 bits per heavy atom. The smallest absolute Gasteiger partial charge is 0.161 e. The van der Waals surface area contributed by atoms with Gasteiger partial charge in [-0.1, -0.05) is 18.7 Å². The average molecular weight is 317 g/mol. The Hall–Kier alpha value is -0.550. The molecular formula is C12H14BrFN2S.